The zero-order valence-corrected chi connectivity index (χ0v) is 18.1. The average Bonchev–Trinajstić information content (AvgIpc) is 2.75. The minimum Gasteiger partial charge on any atom is -0.494 e. The number of carbonyl (C=O) groups is 1. The van der Waals surface area contributed by atoms with Crippen LogP contribution in [0.1, 0.15) is 50.4 Å². The van der Waals surface area contributed by atoms with Crippen LogP contribution in [0, 0.1) is 5.92 Å². The maximum Gasteiger partial charge on any atom is 0.255 e. The number of hydrogen-bond acceptors (Lipinski definition) is 5. The zero-order chi connectivity index (χ0) is 21.9. The summed E-state index contributed by atoms with van der Waals surface area (Å²) in [5, 5.41) is 12.9. The van der Waals surface area contributed by atoms with Crippen molar-refractivity contribution in [3.63, 3.8) is 0 Å². The summed E-state index contributed by atoms with van der Waals surface area (Å²) >= 11 is 0. The second-order valence-corrected chi connectivity index (χ2v) is 7.76. The number of benzene rings is 2. The predicted octanol–water partition coefficient (Wildman–Crippen LogP) is 4.23. The lowest BCUT2D eigenvalue weighted by Crippen LogP contribution is -2.42. The molecular weight excluding hydrogens is 380 g/mol. The summed E-state index contributed by atoms with van der Waals surface area (Å²) in [6, 6.07) is 13.8. The maximum absolute atomic E-state index is 12.4. The molecule has 4 N–H and O–H groups in total. The number of ether oxygens (including phenoxy) is 2. The van der Waals surface area contributed by atoms with Gasteiger partial charge in [0.15, 0.2) is 0 Å². The minimum absolute atomic E-state index is 0.123. The first kappa shape index (κ1) is 23.7. The van der Waals surface area contributed by atoms with Gasteiger partial charge in [-0.1, -0.05) is 33.6 Å². The monoisotopic (exact) mass is 414 g/mol. The number of carbonyl (C=O) groups excluding carboxylic acids is 1. The molecule has 0 aliphatic carbocycles. The third-order valence-corrected chi connectivity index (χ3v) is 4.88. The number of hydrogen-bond donors (Lipinski definition) is 3. The molecule has 164 valence electrons. The van der Waals surface area contributed by atoms with Gasteiger partial charge in [-0.2, -0.15) is 0 Å². The van der Waals surface area contributed by atoms with E-state index in [0.29, 0.717) is 23.6 Å². The highest BCUT2D eigenvalue weighted by Gasteiger charge is 2.18. The third kappa shape index (κ3) is 7.69. The number of aliphatic hydroxyl groups is 1. The van der Waals surface area contributed by atoms with Gasteiger partial charge >= 0.3 is 0 Å². The lowest BCUT2D eigenvalue weighted by molar-refractivity contribution is 0.0715. The predicted molar refractivity (Wildman–Crippen MR) is 120 cm³/mol. The van der Waals surface area contributed by atoms with Crippen LogP contribution < -0.4 is 20.5 Å². The average molecular weight is 415 g/mol. The van der Waals surface area contributed by atoms with Crippen LogP contribution in [0.5, 0.6) is 11.5 Å². The number of aliphatic hydroxyl groups excluding tert-OH is 1. The van der Waals surface area contributed by atoms with Gasteiger partial charge in [-0.25, -0.2) is 0 Å². The standard InChI is InChI=1S/C24H34N2O4/c1-4-5-6-15-29-20-11-7-18(8-12-20)24(28)26-19-9-13-21(14-10-19)30-16-22(27)23(25)17(2)3/h7-14,17,22-23,27H,4-6,15-16,25H2,1-3H3,(H,26,28). The fraction of sp³-hybridized carbons (Fsp3) is 0.458. The quantitative estimate of drug-likeness (QED) is 0.452. The SMILES string of the molecule is CCCCCOc1ccc(C(=O)Nc2ccc(OCC(O)C(N)C(C)C)cc2)cc1. The van der Waals surface area contributed by atoms with Gasteiger partial charge < -0.3 is 25.6 Å². The van der Waals surface area contributed by atoms with Gasteiger partial charge in [0, 0.05) is 17.3 Å². The Morgan fingerprint density at radius 2 is 1.60 bits per heavy atom. The van der Waals surface area contributed by atoms with Crippen LogP contribution in [0.3, 0.4) is 0 Å². The zero-order valence-electron chi connectivity index (χ0n) is 18.1. The first-order valence-electron chi connectivity index (χ1n) is 10.6. The van der Waals surface area contributed by atoms with Crippen LogP contribution in [0.2, 0.25) is 0 Å². The summed E-state index contributed by atoms with van der Waals surface area (Å²) in [5.41, 5.74) is 7.13. The van der Waals surface area contributed by atoms with Crippen molar-refractivity contribution in [2.45, 2.75) is 52.2 Å². The van der Waals surface area contributed by atoms with E-state index in [1.54, 1.807) is 36.4 Å². The van der Waals surface area contributed by atoms with E-state index in [4.69, 9.17) is 15.2 Å². The number of amides is 1. The van der Waals surface area contributed by atoms with E-state index in [0.717, 1.165) is 25.0 Å². The van der Waals surface area contributed by atoms with E-state index in [-0.39, 0.29) is 24.5 Å². The second-order valence-electron chi connectivity index (χ2n) is 7.76. The van der Waals surface area contributed by atoms with Crippen LogP contribution in [-0.2, 0) is 0 Å². The Morgan fingerprint density at radius 1 is 1.00 bits per heavy atom. The molecule has 2 rings (SSSR count). The smallest absolute Gasteiger partial charge is 0.255 e. The molecule has 2 atom stereocenters. The minimum atomic E-state index is -0.733. The first-order chi connectivity index (χ1) is 14.4. The molecule has 0 aliphatic rings. The van der Waals surface area contributed by atoms with Crippen LogP contribution in [0.25, 0.3) is 0 Å². The van der Waals surface area contributed by atoms with E-state index >= 15 is 0 Å². The normalized spacial score (nSPS) is 13.0. The second kappa shape index (κ2) is 12.2. The molecule has 0 spiro atoms. The van der Waals surface area contributed by atoms with Crippen LogP contribution in [0.4, 0.5) is 5.69 Å². The lowest BCUT2D eigenvalue weighted by atomic mass is 10.0. The molecule has 0 saturated heterocycles. The Balaban J connectivity index is 1.82. The molecule has 6 nitrogen and oxygen atoms in total. The van der Waals surface area contributed by atoms with Crippen LogP contribution in [0.15, 0.2) is 48.5 Å². The molecule has 0 radical (unpaired) electrons. The molecule has 2 unspecified atom stereocenters. The molecule has 6 heteroatoms. The van der Waals surface area contributed by atoms with Gasteiger partial charge in [0.1, 0.15) is 24.2 Å². The number of anilines is 1. The summed E-state index contributed by atoms with van der Waals surface area (Å²) < 4.78 is 11.3. The topological polar surface area (TPSA) is 93.8 Å². The Morgan fingerprint density at radius 3 is 2.20 bits per heavy atom. The number of nitrogens with two attached hydrogens (primary N) is 1. The first-order valence-corrected chi connectivity index (χ1v) is 10.6. The summed E-state index contributed by atoms with van der Waals surface area (Å²) in [6.45, 7) is 6.88. The Labute approximate surface area is 179 Å². The fourth-order valence-corrected chi connectivity index (χ4v) is 2.82. The lowest BCUT2D eigenvalue weighted by Gasteiger charge is -2.22. The Kier molecular flexibility index (Phi) is 9.64. The summed E-state index contributed by atoms with van der Waals surface area (Å²) in [6.07, 6.45) is 2.60. The van der Waals surface area contributed by atoms with Crippen molar-refractivity contribution in [1.29, 1.82) is 0 Å². The van der Waals surface area contributed by atoms with E-state index < -0.39 is 6.10 Å². The fourth-order valence-electron chi connectivity index (χ4n) is 2.82. The highest BCUT2D eigenvalue weighted by atomic mass is 16.5. The Bertz CT molecular complexity index is 760. The molecule has 0 fully saturated rings. The number of nitrogens with one attached hydrogen (secondary N) is 1. The number of rotatable bonds is 12. The van der Waals surface area contributed by atoms with E-state index in [1.165, 1.54) is 0 Å². The molecule has 2 aromatic carbocycles. The maximum atomic E-state index is 12.4. The highest BCUT2D eigenvalue weighted by Crippen LogP contribution is 2.18. The van der Waals surface area contributed by atoms with Crippen molar-refractivity contribution < 1.29 is 19.4 Å². The van der Waals surface area contributed by atoms with Crippen molar-refractivity contribution >= 4 is 11.6 Å². The molecule has 0 saturated carbocycles. The van der Waals surface area contributed by atoms with Gasteiger partial charge in [-0.3, -0.25) is 4.79 Å². The number of unbranched alkanes of at least 4 members (excludes halogenated alkanes) is 2. The van der Waals surface area contributed by atoms with E-state index in [2.05, 4.69) is 12.2 Å². The summed E-state index contributed by atoms with van der Waals surface area (Å²) in [4.78, 5) is 12.4. The van der Waals surface area contributed by atoms with Crippen molar-refractivity contribution in [2.24, 2.45) is 11.7 Å². The Hall–Kier alpha value is -2.57. The molecule has 30 heavy (non-hydrogen) atoms. The highest BCUT2D eigenvalue weighted by molar-refractivity contribution is 6.04. The van der Waals surface area contributed by atoms with Crippen molar-refractivity contribution in [2.75, 3.05) is 18.5 Å². The van der Waals surface area contributed by atoms with Crippen LogP contribution in [-0.4, -0.2) is 36.4 Å². The van der Waals surface area contributed by atoms with Gasteiger partial charge in [-0.05, 0) is 60.9 Å². The molecule has 0 aromatic heterocycles. The molecule has 0 heterocycles. The van der Waals surface area contributed by atoms with Crippen LogP contribution >= 0.6 is 0 Å². The van der Waals surface area contributed by atoms with Gasteiger partial charge in [0.2, 0.25) is 0 Å². The largest absolute Gasteiger partial charge is 0.494 e. The van der Waals surface area contributed by atoms with Gasteiger partial charge in [-0.15, -0.1) is 0 Å². The molecule has 2 aromatic rings. The summed E-state index contributed by atoms with van der Waals surface area (Å²) in [5.74, 6) is 1.35. The molecule has 1 amide bonds. The molecule has 0 aliphatic heterocycles. The van der Waals surface area contributed by atoms with E-state index in [1.807, 2.05) is 26.0 Å². The molecular formula is C24H34N2O4. The van der Waals surface area contributed by atoms with E-state index in [9.17, 15) is 9.90 Å². The van der Waals surface area contributed by atoms with Crippen molar-refractivity contribution in [1.82, 2.24) is 0 Å². The van der Waals surface area contributed by atoms with Crippen molar-refractivity contribution in [3.05, 3.63) is 54.1 Å². The summed E-state index contributed by atoms with van der Waals surface area (Å²) in [7, 11) is 0. The van der Waals surface area contributed by atoms with Gasteiger partial charge in [0.25, 0.3) is 5.91 Å². The third-order valence-electron chi connectivity index (χ3n) is 4.88. The van der Waals surface area contributed by atoms with Gasteiger partial charge in [0.05, 0.1) is 6.61 Å². The van der Waals surface area contributed by atoms with Crippen molar-refractivity contribution in [3.8, 4) is 11.5 Å². The molecule has 0 bridgehead atoms.